The molecule has 19 heavy (non-hydrogen) atoms. The minimum atomic E-state index is -4.08. The maximum atomic E-state index is 12.2. The Kier molecular flexibility index (Phi) is 4.90. The van der Waals surface area contributed by atoms with Gasteiger partial charge in [0.25, 0.3) is 0 Å². The van der Waals surface area contributed by atoms with Crippen molar-refractivity contribution in [2.45, 2.75) is 17.4 Å². The number of nitrogens with zero attached hydrogens (tertiary/aromatic N) is 1. The summed E-state index contributed by atoms with van der Waals surface area (Å²) in [7, 11) is -4.08. The van der Waals surface area contributed by atoms with Crippen molar-refractivity contribution >= 4 is 21.6 Å². The molecule has 0 heterocycles. The first-order valence-electron chi connectivity index (χ1n) is 5.23. The molecule has 0 saturated carbocycles. The predicted octanol–water partition coefficient (Wildman–Crippen LogP) is 0.233. The lowest BCUT2D eigenvalue weighted by atomic mass is 10.1. The fourth-order valence-electron chi connectivity index (χ4n) is 1.30. The van der Waals surface area contributed by atoms with E-state index in [9.17, 15) is 8.42 Å². The molecule has 0 unspecified atom stereocenters. The molecule has 0 saturated heterocycles. The standard InChI is InChI=1S/C11H13ClN2O4S/c1-11(6-15,7-16)14-19(17,18)10-4-9(12)3-2-8(10)5-13/h2-4,14-16H,6-7H2,1H3. The van der Waals surface area contributed by atoms with E-state index in [0.29, 0.717) is 0 Å². The molecule has 1 aromatic rings. The first-order valence-corrected chi connectivity index (χ1v) is 7.09. The molecule has 0 fully saturated rings. The maximum absolute atomic E-state index is 12.2. The summed E-state index contributed by atoms with van der Waals surface area (Å²) in [4.78, 5) is -0.296. The van der Waals surface area contributed by atoms with E-state index in [4.69, 9.17) is 27.1 Å². The van der Waals surface area contributed by atoms with Crippen LogP contribution in [0.5, 0.6) is 0 Å². The second kappa shape index (κ2) is 5.86. The van der Waals surface area contributed by atoms with Gasteiger partial charge < -0.3 is 10.2 Å². The molecular weight excluding hydrogens is 292 g/mol. The highest BCUT2D eigenvalue weighted by molar-refractivity contribution is 7.89. The van der Waals surface area contributed by atoms with Crippen LogP contribution in [0.25, 0.3) is 0 Å². The van der Waals surface area contributed by atoms with Gasteiger partial charge in [0.05, 0.1) is 24.3 Å². The molecule has 0 aliphatic carbocycles. The van der Waals surface area contributed by atoms with E-state index in [-0.39, 0.29) is 15.5 Å². The number of nitriles is 1. The number of halogens is 1. The molecule has 0 aliphatic rings. The number of aliphatic hydroxyl groups excluding tert-OH is 2. The van der Waals surface area contributed by atoms with Crippen molar-refractivity contribution in [3.63, 3.8) is 0 Å². The Morgan fingerprint density at radius 3 is 2.47 bits per heavy atom. The SMILES string of the molecule is CC(CO)(CO)NS(=O)(=O)c1cc(Cl)ccc1C#N. The van der Waals surface area contributed by atoms with Gasteiger partial charge in [-0.2, -0.15) is 5.26 Å². The van der Waals surface area contributed by atoms with E-state index < -0.39 is 28.8 Å². The quantitative estimate of drug-likeness (QED) is 0.721. The first kappa shape index (κ1) is 15.9. The van der Waals surface area contributed by atoms with Crippen molar-refractivity contribution in [2.24, 2.45) is 0 Å². The highest BCUT2D eigenvalue weighted by atomic mass is 35.5. The Bertz CT molecular complexity index is 606. The normalized spacial score (nSPS) is 12.2. The van der Waals surface area contributed by atoms with E-state index in [1.54, 1.807) is 6.07 Å². The lowest BCUT2D eigenvalue weighted by Crippen LogP contribution is -2.51. The minimum absolute atomic E-state index is 0.0740. The number of rotatable bonds is 5. The van der Waals surface area contributed by atoms with Crippen LogP contribution in [0.15, 0.2) is 23.1 Å². The number of nitrogens with one attached hydrogen (secondary N) is 1. The van der Waals surface area contributed by atoms with E-state index in [2.05, 4.69) is 4.72 Å². The van der Waals surface area contributed by atoms with Crippen LogP contribution in [-0.2, 0) is 10.0 Å². The van der Waals surface area contributed by atoms with Gasteiger partial charge in [0.15, 0.2) is 0 Å². The smallest absolute Gasteiger partial charge is 0.242 e. The van der Waals surface area contributed by atoms with Crippen molar-refractivity contribution in [3.05, 3.63) is 28.8 Å². The molecule has 1 aromatic carbocycles. The van der Waals surface area contributed by atoms with Crippen LogP contribution >= 0.6 is 11.6 Å². The van der Waals surface area contributed by atoms with Crippen LogP contribution in [0.4, 0.5) is 0 Å². The van der Waals surface area contributed by atoms with Crippen LogP contribution in [0.2, 0.25) is 5.02 Å². The number of benzene rings is 1. The number of hydrogen-bond acceptors (Lipinski definition) is 5. The van der Waals surface area contributed by atoms with Gasteiger partial charge in [0, 0.05) is 5.02 Å². The third-order valence-electron chi connectivity index (χ3n) is 2.43. The summed E-state index contributed by atoms with van der Waals surface area (Å²) in [5.74, 6) is 0. The molecule has 104 valence electrons. The zero-order chi connectivity index (χ0) is 14.7. The van der Waals surface area contributed by atoms with Crippen molar-refractivity contribution in [2.75, 3.05) is 13.2 Å². The van der Waals surface area contributed by atoms with Gasteiger partial charge in [0.2, 0.25) is 10.0 Å². The fourth-order valence-corrected chi connectivity index (χ4v) is 3.11. The zero-order valence-electron chi connectivity index (χ0n) is 10.1. The van der Waals surface area contributed by atoms with Crippen molar-refractivity contribution < 1.29 is 18.6 Å². The highest BCUT2D eigenvalue weighted by Crippen LogP contribution is 2.21. The van der Waals surface area contributed by atoms with Crippen LogP contribution in [-0.4, -0.2) is 37.4 Å². The average Bonchev–Trinajstić information content (AvgIpc) is 2.38. The third-order valence-corrected chi connectivity index (χ3v) is 4.35. The fraction of sp³-hybridized carbons (Fsp3) is 0.364. The molecule has 0 bridgehead atoms. The van der Waals surface area contributed by atoms with E-state index in [1.165, 1.54) is 19.1 Å². The largest absolute Gasteiger partial charge is 0.394 e. The van der Waals surface area contributed by atoms with Crippen LogP contribution in [0.1, 0.15) is 12.5 Å². The van der Waals surface area contributed by atoms with Crippen LogP contribution < -0.4 is 4.72 Å². The van der Waals surface area contributed by atoms with Crippen molar-refractivity contribution in [1.82, 2.24) is 4.72 Å². The van der Waals surface area contributed by atoms with Gasteiger partial charge in [0.1, 0.15) is 11.0 Å². The molecule has 8 heteroatoms. The zero-order valence-corrected chi connectivity index (χ0v) is 11.7. The predicted molar refractivity (Wildman–Crippen MR) is 69.1 cm³/mol. The molecular formula is C11H13ClN2O4S. The lowest BCUT2D eigenvalue weighted by molar-refractivity contribution is 0.122. The maximum Gasteiger partial charge on any atom is 0.242 e. The molecule has 3 N–H and O–H groups in total. The number of sulfonamides is 1. The second-order valence-corrected chi connectivity index (χ2v) is 6.32. The number of aliphatic hydroxyl groups is 2. The van der Waals surface area contributed by atoms with E-state index in [0.717, 1.165) is 6.07 Å². The van der Waals surface area contributed by atoms with E-state index >= 15 is 0 Å². The molecule has 0 spiro atoms. The van der Waals surface area contributed by atoms with E-state index in [1.807, 2.05) is 0 Å². The van der Waals surface area contributed by atoms with Crippen molar-refractivity contribution in [1.29, 1.82) is 5.26 Å². The molecule has 6 nitrogen and oxygen atoms in total. The Labute approximate surface area is 116 Å². The molecule has 0 radical (unpaired) electrons. The Morgan fingerprint density at radius 1 is 1.42 bits per heavy atom. The summed E-state index contributed by atoms with van der Waals surface area (Å²) in [5, 5.41) is 27.3. The monoisotopic (exact) mass is 304 g/mol. The molecule has 0 atom stereocenters. The highest BCUT2D eigenvalue weighted by Gasteiger charge is 2.31. The molecule has 0 aromatic heterocycles. The Morgan fingerprint density at radius 2 is 2.00 bits per heavy atom. The molecule has 0 aliphatic heterocycles. The van der Waals surface area contributed by atoms with Gasteiger partial charge in [-0.3, -0.25) is 0 Å². The van der Waals surface area contributed by atoms with Gasteiger partial charge in [-0.05, 0) is 25.1 Å². The van der Waals surface area contributed by atoms with Gasteiger partial charge in [-0.25, -0.2) is 13.1 Å². The third kappa shape index (κ3) is 3.65. The first-order chi connectivity index (χ1) is 8.78. The molecule has 0 amide bonds. The summed E-state index contributed by atoms with van der Waals surface area (Å²) >= 11 is 5.72. The van der Waals surface area contributed by atoms with Gasteiger partial charge in [-0.1, -0.05) is 11.6 Å². The minimum Gasteiger partial charge on any atom is -0.394 e. The summed E-state index contributed by atoms with van der Waals surface area (Å²) in [6, 6.07) is 5.57. The van der Waals surface area contributed by atoms with Gasteiger partial charge >= 0.3 is 0 Å². The summed E-state index contributed by atoms with van der Waals surface area (Å²) in [6.45, 7) is 0.150. The average molecular weight is 305 g/mol. The topological polar surface area (TPSA) is 110 Å². The lowest BCUT2D eigenvalue weighted by Gasteiger charge is -2.26. The molecule has 1 rings (SSSR count). The summed E-state index contributed by atoms with van der Waals surface area (Å²) < 4.78 is 26.5. The van der Waals surface area contributed by atoms with Crippen molar-refractivity contribution in [3.8, 4) is 6.07 Å². The summed E-state index contributed by atoms with van der Waals surface area (Å²) in [5.41, 5.74) is -1.50. The second-order valence-electron chi connectivity index (χ2n) is 4.23. The summed E-state index contributed by atoms with van der Waals surface area (Å²) in [6.07, 6.45) is 0. The Balaban J connectivity index is 3.29. The number of hydrogen-bond donors (Lipinski definition) is 3. The van der Waals surface area contributed by atoms with Crippen LogP contribution in [0.3, 0.4) is 0 Å². The van der Waals surface area contributed by atoms with Crippen LogP contribution in [0, 0.1) is 11.3 Å². The van der Waals surface area contributed by atoms with Gasteiger partial charge in [-0.15, -0.1) is 0 Å². The Hall–Kier alpha value is -1.17.